The average Bonchev–Trinajstić information content (AvgIpc) is 3.61. The number of aromatic nitrogens is 5. The van der Waals surface area contributed by atoms with Crippen LogP contribution in [0.3, 0.4) is 0 Å². The predicted octanol–water partition coefficient (Wildman–Crippen LogP) is 4.01. The van der Waals surface area contributed by atoms with Gasteiger partial charge in [-0.3, -0.25) is 9.69 Å². The zero-order chi connectivity index (χ0) is 22.9. The first kappa shape index (κ1) is 21.3. The number of nitrogens with zero attached hydrogens (tertiary/aromatic N) is 5. The minimum atomic E-state index is -0.102. The summed E-state index contributed by atoms with van der Waals surface area (Å²) in [5.41, 5.74) is 1.33. The average molecular weight is 479 g/mol. The fraction of sp³-hybridized carbons (Fsp3) is 0.417. The Kier molecular flexibility index (Phi) is 5.76. The summed E-state index contributed by atoms with van der Waals surface area (Å²) in [5.74, 6) is 2.21. The summed E-state index contributed by atoms with van der Waals surface area (Å²) in [5, 5.41) is 15.7. The van der Waals surface area contributed by atoms with Gasteiger partial charge in [-0.1, -0.05) is 25.3 Å². The standard InChI is InChI=1S/C24H26N6O3S/c31-24-17(9-16-10-21-22(33-15-32-21)11-20(16)25-24)12-29(13-19-7-4-8-34-19)14-23-26-27-28-30(23)18-5-2-1-3-6-18/h4,7-11,18H,1-3,5-6,12-15H2,(H,25,31). The maximum atomic E-state index is 13.0. The number of thiophene rings is 1. The van der Waals surface area contributed by atoms with Crippen molar-refractivity contribution < 1.29 is 9.47 Å². The van der Waals surface area contributed by atoms with E-state index in [1.807, 2.05) is 22.9 Å². The number of benzene rings is 1. The highest BCUT2D eigenvalue weighted by molar-refractivity contribution is 7.09. The first-order valence-corrected chi connectivity index (χ1v) is 12.6. The smallest absolute Gasteiger partial charge is 0.252 e. The highest BCUT2D eigenvalue weighted by atomic mass is 32.1. The van der Waals surface area contributed by atoms with E-state index in [0.717, 1.165) is 29.6 Å². The first-order chi connectivity index (χ1) is 16.7. The number of tetrazole rings is 1. The van der Waals surface area contributed by atoms with Gasteiger partial charge < -0.3 is 14.5 Å². The highest BCUT2D eigenvalue weighted by Gasteiger charge is 2.23. The highest BCUT2D eigenvalue weighted by Crippen LogP contribution is 2.35. The number of pyridine rings is 1. The molecule has 1 aliphatic heterocycles. The molecule has 34 heavy (non-hydrogen) atoms. The summed E-state index contributed by atoms with van der Waals surface area (Å²) in [6, 6.07) is 10.2. The Morgan fingerprint density at radius 1 is 1.09 bits per heavy atom. The molecular formula is C24H26N6O3S. The molecule has 9 nitrogen and oxygen atoms in total. The van der Waals surface area contributed by atoms with Crippen LogP contribution in [0.15, 0.2) is 40.5 Å². The van der Waals surface area contributed by atoms with Gasteiger partial charge in [-0.25, -0.2) is 4.68 Å². The fourth-order valence-corrected chi connectivity index (χ4v) is 5.66. The van der Waals surface area contributed by atoms with Crippen LogP contribution in [0.25, 0.3) is 10.9 Å². The van der Waals surface area contributed by atoms with Crippen LogP contribution in [0, 0.1) is 0 Å². The molecule has 0 radical (unpaired) electrons. The number of fused-ring (bicyclic) bond motifs is 2. The molecule has 6 rings (SSSR count). The lowest BCUT2D eigenvalue weighted by atomic mass is 9.95. The number of nitrogens with one attached hydrogen (secondary N) is 1. The van der Waals surface area contributed by atoms with E-state index in [1.54, 1.807) is 11.3 Å². The van der Waals surface area contributed by atoms with Gasteiger partial charge in [0.15, 0.2) is 17.3 Å². The van der Waals surface area contributed by atoms with E-state index in [1.165, 1.54) is 24.1 Å². The molecule has 176 valence electrons. The van der Waals surface area contributed by atoms with Gasteiger partial charge in [0, 0.05) is 35.0 Å². The topological polar surface area (TPSA) is 98.2 Å². The van der Waals surface area contributed by atoms with Gasteiger partial charge in [0.25, 0.3) is 5.56 Å². The zero-order valence-corrected chi connectivity index (χ0v) is 19.6. The fourth-order valence-electron chi connectivity index (χ4n) is 4.92. The maximum absolute atomic E-state index is 13.0. The summed E-state index contributed by atoms with van der Waals surface area (Å²) in [4.78, 5) is 19.5. The molecule has 1 N–H and O–H groups in total. The molecule has 10 heteroatoms. The molecule has 0 atom stereocenters. The molecule has 3 aromatic heterocycles. The van der Waals surface area contributed by atoms with Crippen molar-refractivity contribution in [1.29, 1.82) is 0 Å². The monoisotopic (exact) mass is 478 g/mol. The zero-order valence-electron chi connectivity index (χ0n) is 18.8. The quantitative estimate of drug-likeness (QED) is 0.428. The number of hydrogen-bond donors (Lipinski definition) is 1. The summed E-state index contributed by atoms with van der Waals surface area (Å²) < 4.78 is 13.0. The van der Waals surface area contributed by atoms with E-state index in [-0.39, 0.29) is 12.4 Å². The molecule has 4 heterocycles. The van der Waals surface area contributed by atoms with Gasteiger partial charge in [0.2, 0.25) is 6.79 Å². The molecule has 0 spiro atoms. The second kappa shape index (κ2) is 9.19. The van der Waals surface area contributed by atoms with E-state index in [4.69, 9.17) is 9.47 Å². The Labute approximate surface area is 200 Å². The van der Waals surface area contributed by atoms with E-state index < -0.39 is 0 Å². The number of rotatable bonds is 7. The molecule has 0 unspecified atom stereocenters. The molecule has 1 aliphatic carbocycles. The largest absolute Gasteiger partial charge is 0.454 e. The Hall–Kier alpha value is -3.24. The molecule has 0 amide bonds. The van der Waals surface area contributed by atoms with Gasteiger partial charge in [-0.05, 0) is 46.8 Å². The van der Waals surface area contributed by atoms with Crippen LogP contribution in [0.5, 0.6) is 11.5 Å². The molecular weight excluding hydrogens is 452 g/mol. The number of hydrogen-bond acceptors (Lipinski definition) is 8. The SMILES string of the molecule is O=c1[nH]c2cc3c(cc2cc1CN(Cc1cccs1)Cc1nnnn1C1CCCCC1)OCO3. The van der Waals surface area contributed by atoms with Gasteiger partial charge in [0.05, 0.1) is 18.1 Å². The van der Waals surface area contributed by atoms with Crippen LogP contribution in [0.2, 0.25) is 0 Å². The summed E-state index contributed by atoms with van der Waals surface area (Å²) in [6.07, 6.45) is 5.94. The third kappa shape index (κ3) is 4.30. The second-order valence-corrected chi connectivity index (χ2v) is 10.0. The van der Waals surface area contributed by atoms with Crippen LogP contribution < -0.4 is 15.0 Å². The third-order valence-corrected chi connectivity index (χ3v) is 7.48. The summed E-state index contributed by atoms with van der Waals surface area (Å²) >= 11 is 1.71. The van der Waals surface area contributed by atoms with Crippen LogP contribution in [-0.4, -0.2) is 36.9 Å². The van der Waals surface area contributed by atoms with Gasteiger partial charge >= 0.3 is 0 Å². The molecule has 4 aromatic rings. The van der Waals surface area contributed by atoms with Crippen molar-refractivity contribution >= 4 is 22.2 Å². The third-order valence-electron chi connectivity index (χ3n) is 6.61. The maximum Gasteiger partial charge on any atom is 0.252 e. The lowest BCUT2D eigenvalue weighted by molar-refractivity contribution is 0.174. The van der Waals surface area contributed by atoms with Gasteiger partial charge in [-0.2, -0.15) is 0 Å². The van der Waals surface area contributed by atoms with Crippen molar-refractivity contribution in [1.82, 2.24) is 30.1 Å². The Morgan fingerprint density at radius 2 is 1.94 bits per heavy atom. The Bertz CT molecular complexity index is 1340. The van der Waals surface area contributed by atoms with Crippen LogP contribution in [0.4, 0.5) is 0 Å². The van der Waals surface area contributed by atoms with Crippen molar-refractivity contribution in [2.45, 2.75) is 57.8 Å². The van der Waals surface area contributed by atoms with Crippen molar-refractivity contribution in [2.75, 3.05) is 6.79 Å². The van der Waals surface area contributed by atoms with Crippen molar-refractivity contribution in [3.63, 3.8) is 0 Å². The van der Waals surface area contributed by atoms with Crippen LogP contribution in [-0.2, 0) is 19.6 Å². The van der Waals surface area contributed by atoms with E-state index >= 15 is 0 Å². The number of aromatic amines is 1. The lowest BCUT2D eigenvalue weighted by Crippen LogP contribution is -2.28. The molecule has 0 bridgehead atoms. The summed E-state index contributed by atoms with van der Waals surface area (Å²) in [6.45, 7) is 1.97. The van der Waals surface area contributed by atoms with Crippen molar-refractivity contribution in [3.05, 3.63) is 62.3 Å². The van der Waals surface area contributed by atoms with Crippen LogP contribution >= 0.6 is 11.3 Å². The molecule has 1 fully saturated rings. The van der Waals surface area contributed by atoms with E-state index in [0.29, 0.717) is 42.7 Å². The molecule has 0 saturated heterocycles. The van der Waals surface area contributed by atoms with Gasteiger partial charge in [-0.15, -0.1) is 16.4 Å². The normalized spacial score (nSPS) is 16.0. The first-order valence-electron chi connectivity index (χ1n) is 11.7. The minimum absolute atomic E-state index is 0.102. The second-order valence-electron chi connectivity index (χ2n) is 8.97. The molecule has 2 aliphatic rings. The van der Waals surface area contributed by atoms with E-state index in [2.05, 4.69) is 42.9 Å². The van der Waals surface area contributed by atoms with Gasteiger partial charge in [0.1, 0.15) is 0 Å². The van der Waals surface area contributed by atoms with E-state index in [9.17, 15) is 4.79 Å². The molecule has 1 saturated carbocycles. The number of H-pyrrole nitrogens is 1. The minimum Gasteiger partial charge on any atom is -0.454 e. The Morgan fingerprint density at radius 3 is 2.76 bits per heavy atom. The van der Waals surface area contributed by atoms with Crippen molar-refractivity contribution in [2.24, 2.45) is 0 Å². The lowest BCUT2D eigenvalue weighted by Gasteiger charge is -2.25. The Balaban J connectivity index is 1.30. The van der Waals surface area contributed by atoms with Crippen LogP contribution in [0.1, 0.15) is 54.4 Å². The predicted molar refractivity (Wildman–Crippen MR) is 128 cm³/mol. The van der Waals surface area contributed by atoms with Crippen molar-refractivity contribution in [3.8, 4) is 11.5 Å². The number of ether oxygens (including phenoxy) is 2. The summed E-state index contributed by atoms with van der Waals surface area (Å²) in [7, 11) is 0. The molecule has 1 aromatic carbocycles.